The Labute approximate surface area is 165 Å². The van der Waals surface area contributed by atoms with E-state index in [1.165, 1.54) is 0 Å². The minimum Gasteiger partial charge on any atom is -0.340 e. The summed E-state index contributed by atoms with van der Waals surface area (Å²) in [6.45, 7) is 1.94. The van der Waals surface area contributed by atoms with Gasteiger partial charge in [0.1, 0.15) is 6.04 Å². The number of nitrogens with zero attached hydrogens (tertiary/aromatic N) is 1. The second kappa shape index (κ2) is 7.40. The number of aryl methyl sites for hydroxylation is 1. The fraction of sp³-hybridized carbons (Fsp3) is 0.200. The van der Waals surface area contributed by atoms with Gasteiger partial charge in [-0.05, 0) is 43.7 Å². The van der Waals surface area contributed by atoms with Crippen LogP contribution in [-0.2, 0) is 9.59 Å². The Bertz CT molecular complexity index is 1090. The maximum Gasteiger partial charge on any atom is 0.254 e. The molecule has 8 heteroatoms. The minimum atomic E-state index is -0.769. The zero-order valence-electron chi connectivity index (χ0n) is 15.1. The number of carbonyl (C=O) groups excluding carboxylic acids is 3. The molecule has 1 aliphatic heterocycles. The lowest BCUT2D eigenvalue weighted by Crippen LogP contribution is -2.41. The maximum absolute atomic E-state index is 12.4. The Morgan fingerprint density at radius 1 is 1.21 bits per heavy atom. The molecule has 1 aromatic heterocycles. The molecule has 4 rings (SSSR count). The molecule has 7 nitrogen and oxygen atoms in total. The Hall–Kier alpha value is -3.26. The van der Waals surface area contributed by atoms with Gasteiger partial charge in [-0.1, -0.05) is 12.1 Å². The highest BCUT2D eigenvalue weighted by molar-refractivity contribution is 7.18. The summed E-state index contributed by atoms with van der Waals surface area (Å²) in [6, 6.07) is 11.6. The molecular weight excluding hydrogens is 376 g/mol. The summed E-state index contributed by atoms with van der Waals surface area (Å²) in [6.07, 6.45) is 0.304. The summed E-state index contributed by atoms with van der Waals surface area (Å²) in [4.78, 5) is 41.4. The summed E-state index contributed by atoms with van der Waals surface area (Å²) >= 11 is 1.60. The van der Waals surface area contributed by atoms with Crippen LogP contribution in [0.2, 0.25) is 0 Å². The van der Waals surface area contributed by atoms with Crippen LogP contribution < -0.4 is 16.0 Å². The Balaban J connectivity index is 1.38. The third kappa shape index (κ3) is 3.72. The Morgan fingerprint density at radius 2 is 2.04 bits per heavy atom. The van der Waals surface area contributed by atoms with E-state index < -0.39 is 6.04 Å². The Kier molecular flexibility index (Phi) is 4.79. The average Bonchev–Trinajstić information content (AvgIpc) is 2.98. The zero-order chi connectivity index (χ0) is 19.7. The number of hydrogen-bond donors (Lipinski definition) is 3. The summed E-state index contributed by atoms with van der Waals surface area (Å²) in [5.74, 6) is -0.885. The van der Waals surface area contributed by atoms with Gasteiger partial charge in [-0.15, -0.1) is 11.3 Å². The third-order valence-electron chi connectivity index (χ3n) is 4.49. The van der Waals surface area contributed by atoms with Gasteiger partial charge in [0.05, 0.1) is 26.5 Å². The van der Waals surface area contributed by atoms with Crippen molar-refractivity contribution in [2.45, 2.75) is 25.8 Å². The third-order valence-corrected chi connectivity index (χ3v) is 5.44. The normalized spacial score (nSPS) is 16.1. The summed E-state index contributed by atoms with van der Waals surface area (Å²) in [7, 11) is 0. The van der Waals surface area contributed by atoms with Crippen LogP contribution in [0.25, 0.3) is 10.2 Å². The molecule has 0 aliphatic carbocycles. The Morgan fingerprint density at radius 3 is 2.89 bits per heavy atom. The van der Waals surface area contributed by atoms with Gasteiger partial charge in [-0.2, -0.15) is 0 Å². The summed E-state index contributed by atoms with van der Waals surface area (Å²) < 4.78 is 1.06. The van der Waals surface area contributed by atoms with E-state index in [4.69, 9.17) is 0 Å². The molecule has 28 heavy (non-hydrogen) atoms. The van der Waals surface area contributed by atoms with Gasteiger partial charge >= 0.3 is 0 Å². The minimum absolute atomic E-state index is 0.100. The van der Waals surface area contributed by atoms with E-state index >= 15 is 0 Å². The fourth-order valence-corrected chi connectivity index (χ4v) is 3.94. The van der Waals surface area contributed by atoms with E-state index in [1.54, 1.807) is 35.6 Å². The van der Waals surface area contributed by atoms with Gasteiger partial charge in [0.2, 0.25) is 11.8 Å². The second-order valence-electron chi connectivity index (χ2n) is 6.56. The number of para-hydroxylation sites is 1. The summed E-state index contributed by atoms with van der Waals surface area (Å²) in [5, 5.41) is 9.22. The van der Waals surface area contributed by atoms with Crippen LogP contribution in [0.5, 0.6) is 0 Å². The predicted octanol–water partition coefficient (Wildman–Crippen LogP) is 3.07. The SMILES string of the molecule is Cc1nc2cc(NC(=O)CC[C@H]3NC(=O)c4ccccc4NC3=O)ccc2s1. The number of amides is 3. The van der Waals surface area contributed by atoms with Crippen LogP contribution >= 0.6 is 11.3 Å². The predicted molar refractivity (Wildman–Crippen MR) is 109 cm³/mol. The van der Waals surface area contributed by atoms with Crippen LogP contribution in [-0.4, -0.2) is 28.7 Å². The van der Waals surface area contributed by atoms with Gasteiger partial charge in [0.25, 0.3) is 5.91 Å². The fourth-order valence-electron chi connectivity index (χ4n) is 3.13. The van der Waals surface area contributed by atoms with E-state index in [0.717, 1.165) is 15.2 Å². The van der Waals surface area contributed by atoms with Crippen LogP contribution in [0, 0.1) is 6.92 Å². The van der Waals surface area contributed by atoms with Crippen LogP contribution in [0.4, 0.5) is 11.4 Å². The lowest BCUT2D eigenvalue weighted by molar-refractivity contribution is -0.118. The van der Waals surface area contributed by atoms with Gasteiger partial charge in [0.15, 0.2) is 0 Å². The molecule has 142 valence electrons. The molecule has 3 N–H and O–H groups in total. The van der Waals surface area contributed by atoms with Crippen molar-refractivity contribution in [2.24, 2.45) is 0 Å². The van der Waals surface area contributed by atoms with E-state index in [2.05, 4.69) is 20.9 Å². The molecule has 2 heterocycles. The molecule has 0 spiro atoms. The van der Waals surface area contributed by atoms with Crippen molar-refractivity contribution in [3.63, 3.8) is 0 Å². The van der Waals surface area contributed by atoms with Crippen molar-refractivity contribution in [1.29, 1.82) is 0 Å². The first-order chi connectivity index (χ1) is 13.5. The number of anilines is 2. The van der Waals surface area contributed by atoms with E-state index in [-0.39, 0.29) is 30.6 Å². The molecule has 2 aromatic carbocycles. The second-order valence-corrected chi connectivity index (χ2v) is 7.80. The number of aromatic nitrogens is 1. The van der Waals surface area contributed by atoms with Crippen molar-refractivity contribution < 1.29 is 14.4 Å². The lowest BCUT2D eigenvalue weighted by Gasteiger charge is -2.14. The first kappa shape index (κ1) is 18.1. The number of carbonyl (C=O) groups is 3. The van der Waals surface area contributed by atoms with Crippen molar-refractivity contribution in [2.75, 3.05) is 10.6 Å². The van der Waals surface area contributed by atoms with E-state index in [1.807, 2.05) is 25.1 Å². The molecule has 0 radical (unpaired) electrons. The van der Waals surface area contributed by atoms with Crippen LogP contribution in [0.15, 0.2) is 42.5 Å². The molecule has 0 saturated heterocycles. The topological polar surface area (TPSA) is 100 Å². The smallest absolute Gasteiger partial charge is 0.254 e. The van der Waals surface area contributed by atoms with Crippen LogP contribution in [0.1, 0.15) is 28.2 Å². The lowest BCUT2D eigenvalue weighted by atomic mass is 10.1. The molecule has 3 aromatic rings. The van der Waals surface area contributed by atoms with Crippen molar-refractivity contribution >= 4 is 50.6 Å². The molecule has 0 fully saturated rings. The molecule has 0 saturated carbocycles. The number of thiazole rings is 1. The molecule has 0 unspecified atom stereocenters. The first-order valence-corrected chi connectivity index (χ1v) is 9.69. The highest BCUT2D eigenvalue weighted by Gasteiger charge is 2.27. The highest BCUT2D eigenvalue weighted by atomic mass is 32.1. The van der Waals surface area contributed by atoms with Gasteiger partial charge in [-0.3, -0.25) is 14.4 Å². The number of benzene rings is 2. The number of hydrogen-bond acceptors (Lipinski definition) is 5. The van der Waals surface area contributed by atoms with Crippen molar-refractivity contribution in [3.05, 3.63) is 53.0 Å². The molecule has 1 atom stereocenters. The first-order valence-electron chi connectivity index (χ1n) is 8.87. The van der Waals surface area contributed by atoms with Crippen LogP contribution in [0.3, 0.4) is 0 Å². The highest BCUT2D eigenvalue weighted by Crippen LogP contribution is 2.24. The van der Waals surface area contributed by atoms with Gasteiger partial charge in [-0.25, -0.2) is 4.98 Å². The standard InChI is InChI=1S/C20H18N4O3S/c1-11-21-16-10-12(6-8-17(16)28-11)22-18(25)9-7-15-20(27)23-14-5-3-2-4-13(14)19(26)24-15/h2-6,8,10,15H,7,9H2,1H3,(H,22,25)(H,23,27)(H,24,26)/t15-/m1/s1. The average molecular weight is 394 g/mol. The van der Waals surface area contributed by atoms with Gasteiger partial charge in [0, 0.05) is 12.1 Å². The quantitative estimate of drug-likeness (QED) is 0.633. The largest absolute Gasteiger partial charge is 0.340 e. The number of rotatable bonds is 4. The van der Waals surface area contributed by atoms with E-state index in [0.29, 0.717) is 16.9 Å². The zero-order valence-corrected chi connectivity index (χ0v) is 15.9. The van der Waals surface area contributed by atoms with Crippen molar-refractivity contribution in [1.82, 2.24) is 10.3 Å². The molecular formula is C20H18N4O3S. The number of nitrogens with one attached hydrogen (secondary N) is 3. The molecule has 3 amide bonds. The monoisotopic (exact) mass is 394 g/mol. The van der Waals surface area contributed by atoms with Crippen molar-refractivity contribution in [3.8, 4) is 0 Å². The molecule has 0 bridgehead atoms. The number of fused-ring (bicyclic) bond motifs is 2. The maximum atomic E-state index is 12.4. The molecule has 1 aliphatic rings. The summed E-state index contributed by atoms with van der Waals surface area (Å²) in [5.41, 5.74) is 2.39. The van der Waals surface area contributed by atoms with E-state index in [9.17, 15) is 14.4 Å². The van der Waals surface area contributed by atoms with Gasteiger partial charge < -0.3 is 16.0 Å².